The van der Waals surface area contributed by atoms with Gasteiger partial charge in [0.1, 0.15) is 5.54 Å². The molecule has 19 heavy (non-hydrogen) atoms. The molecule has 2 aromatic rings. The van der Waals surface area contributed by atoms with Gasteiger partial charge in [0, 0.05) is 11.4 Å². The van der Waals surface area contributed by atoms with Crippen LogP contribution in [-0.2, 0) is 16.9 Å². The van der Waals surface area contributed by atoms with E-state index in [1.807, 2.05) is 48.7 Å². The minimum atomic E-state index is -1.07. The summed E-state index contributed by atoms with van der Waals surface area (Å²) in [5.41, 5.74) is 0.708. The lowest BCUT2D eigenvalue weighted by atomic mass is 9.88. The summed E-state index contributed by atoms with van der Waals surface area (Å²) in [6.07, 6.45) is 0. The van der Waals surface area contributed by atoms with E-state index in [2.05, 4.69) is 5.32 Å². The fourth-order valence-electron chi connectivity index (χ4n) is 2.10. The molecule has 0 fully saturated rings. The first kappa shape index (κ1) is 13.8. The molecule has 1 heterocycles. The van der Waals surface area contributed by atoms with Crippen LogP contribution in [-0.4, -0.2) is 11.1 Å². The van der Waals surface area contributed by atoms with Crippen molar-refractivity contribution in [2.75, 3.05) is 0 Å². The number of hydrogen-bond donors (Lipinski definition) is 2. The smallest absolute Gasteiger partial charge is 0.328 e. The maximum absolute atomic E-state index is 11.7. The van der Waals surface area contributed by atoms with Crippen LogP contribution in [0.15, 0.2) is 41.8 Å². The third-order valence-corrected chi connectivity index (χ3v) is 4.18. The van der Waals surface area contributed by atoms with Gasteiger partial charge in [-0.05, 0) is 36.4 Å². The van der Waals surface area contributed by atoms with Crippen LogP contribution in [0.1, 0.15) is 22.9 Å². The Kier molecular flexibility index (Phi) is 4.02. The van der Waals surface area contributed by atoms with E-state index >= 15 is 0 Å². The first-order chi connectivity index (χ1) is 9.04. The van der Waals surface area contributed by atoms with Crippen molar-refractivity contribution in [1.29, 1.82) is 0 Å². The Hall–Kier alpha value is -1.65. The van der Waals surface area contributed by atoms with E-state index in [9.17, 15) is 9.90 Å². The number of nitrogens with one attached hydrogen (secondary N) is 1. The number of benzene rings is 1. The minimum Gasteiger partial charge on any atom is -0.480 e. The van der Waals surface area contributed by atoms with Crippen molar-refractivity contribution in [1.82, 2.24) is 5.32 Å². The molecular formula is C15H17NO2S. The van der Waals surface area contributed by atoms with Crippen LogP contribution in [0.4, 0.5) is 0 Å². The minimum absolute atomic E-state index is 0.550. The molecule has 4 heteroatoms. The highest BCUT2D eigenvalue weighted by atomic mass is 32.1. The molecule has 0 saturated heterocycles. The lowest BCUT2D eigenvalue weighted by molar-refractivity contribution is -0.144. The number of carboxylic acid groups (broad SMARTS) is 1. The predicted octanol–water partition coefficient (Wildman–Crippen LogP) is 3.15. The Morgan fingerprint density at radius 1 is 1.32 bits per heavy atom. The number of thiophene rings is 1. The van der Waals surface area contributed by atoms with Crippen molar-refractivity contribution in [3.63, 3.8) is 0 Å². The lowest BCUT2D eigenvalue weighted by Gasteiger charge is -2.28. The third-order valence-electron chi connectivity index (χ3n) is 3.31. The van der Waals surface area contributed by atoms with E-state index in [0.717, 1.165) is 16.0 Å². The van der Waals surface area contributed by atoms with E-state index in [1.54, 1.807) is 18.3 Å². The van der Waals surface area contributed by atoms with Crippen LogP contribution in [0.5, 0.6) is 0 Å². The van der Waals surface area contributed by atoms with E-state index in [1.165, 1.54) is 0 Å². The van der Waals surface area contributed by atoms with Gasteiger partial charge < -0.3 is 5.11 Å². The molecule has 0 radical (unpaired) electrons. The zero-order valence-corrected chi connectivity index (χ0v) is 11.8. The van der Waals surface area contributed by atoms with E-state index in [0.29, 0.717) is 6.54 Å². The normalized spacial score (nSPS) is 14.0. The lowest BCUT2D eigenvalue weighted by Crippen LogP contribution is -2.46. The highest BCUT2D eigenvalue weighted by Crippen LogP contribution is 2.25. The molecule has 0 aliphatic rings. The third kappa shape index (κ3) is 2.85. The molecule has 0 spiro atoms. The summed E-state index contributed by atoms with van der Waals surface area (Å²) in [6, 6.07) is 11.6. The topological polar surface area (TPSA) is 49.3 Å². The molecule has 1 aromatic heterocycles. The molecule has 0 aliphatic carbocycles. The van der Waals surface area contributed by atoms with Crippen molar-refractivity contribution in [3.8, 4) is 0 Å². The van der Waals surface area contributed by atoms with Crippen LogP contribution >= 0.6 is 11.3 Å². The predicted molar refractivity (Wildman–Crippen MR) is 77.3 cm³/mol. The maximum atomic E-state index is 11.7. The number of aliphatic carboxylic acids is 1. The number of aryl methyl sites for hydroxylation is 1. The molecule has 1 unspecified atom stereocenters. The second kappa shape index (κ2) is 5.55. The molecule has 2 rings (SSSR count). The van der Waals surface area contributed by atoms with Crippen molar-refractivity contribution in [2.24, 2.45) is 0 Å². The summed E-state index contributed by atoms with van der Waals surface area (Å²) in [5.74, 6) is -0.863. The summed E-state index contributed by atoms with van der Waals surface area (Å²) in [5, 5.41) is 14.7. The van der Waals surface area contributed by atoms with Gasteiger partial charge in [0.05, 0.1) is 0 Å². The van der Waals surface area contributed by atoms with Gasteiger partial charge in [0.25, 0.3) is 0 Å². The summed E-state index contributed by atoms with van der Waals surface area (Å²) < 4.78 is 0. The summed E-state index contributed by atoms with van der Waals surface area (Å²) in [4.78, 5) is 12.8. The number of hydrogen-bond acceptors (Lipinski definition) is 3. The molecule has 0 saturated carbocycles. The van der Waals surface area contributed by atoms with Gasteiger partial charge in [-0.1, -0.05) is 30.3 Å². The van der Waals surface area contributed by atoms with Crippen LogP contribution in [0.2, 0.25) is 0 Å². The fourth-order valence-corrected chi connectivity index (χ4v) is 2.74. The highest BCUT2D eigenvalue weighted by molar-refractivity contribution is 7.09. The average Bonchev–Trinajstić information content (AvgIpc) is 2.89. The van der Waals surface area contributed by atoms with Crippen molar-refractivity contribution < 1.29 is 9.90 Å². The van der Waals surface area contributed by atoms with E-state index < -0.39 is 11.5 Å². The largest absolute Gasteiger partial charge is 0.480 e. The SMILES string of the molecule is Cc1ccccc1C(C)(NCc1cccs1)C(=O)O. The van der Waals surface area contributed by atoms with Crippen LogP contribution in [0.25, 0.3) is 0 Å². The first-order valence-electron chi connectivity index (χ1n) is 6.11. The van der Waals surface area contributed by atoms with Crippen LogP contribution in [0.3, 0.4) is 0 Å². The Bertz CT molecular complexity index is 565. The monoisotopic (exact) mass is 275 g/mol. The molecular weight excluding hydrogens is 258 g/mol. The second-order valence-electron chi connectivity index (χ2n) is 4.68. The van der Waals surface area contributed by atoms with Crippen molar-refractivity contribution in [2.45, 2.75) is 25.9 Å². The zero-order chi connectivity index (χ0) is 13.9. The average molecular weight is 275 g/mol. The molecule has 3 nitrogen and oxygen atoms in total. The van der Waals surface area contributed by atoms with Gasteiger partial charge in [-0.25, -0.2) is 4.79 Å². The molecule has 0 aliphatic heterocycles. The van der Waals surface area contributed by atoms with Crippen molar-refractivity contribution >= 4 is 17.3 Å². The summed E-state index contributed by atoms with van der Waals surface area (Å²) in [7, 11) is 0. The second-order valence-corrected chi connectivity index (χ2v) is 5.71. The molecule has 0 amide bonds. The van der Waals surface area contributed by atoms with Gasteiger partial charge in [-0.3, -0.25) is 5.32 Å². The maximum Gasteiger partial charge on any atom is 0.328 e. The number of rotatable bonds is 5. The summed E-state index contributed by atoms with van der Waals surface area (Å²) >= 11 is 1.62. The molecule has 1 atom stereocenters. The molecule has 100 valence electrons. The van der Waals surface area contributed by atoms with Gasteiger partial charge in [0.15, 0.2) is 0 Å². The standard InChI is InChI=1S/C15H17NO2S/c1-11-6-3-4-8-13(11)15(2,14(17)18)16-10-12-7-5-9-19-12/h3-9,16H,10H2,1-2H3,(H,17,18). The Labute approximate surface area is 116 Å². The zero-order valence-electron chi connectivity index (χ0n) is 11.0. The van der Waals surface area contributed by atoms with Gasteiger partial charge in [-0.15, -0.1) is 11.3 Å². The van der Waals surface area contributed by atoms with Gasteiger partial charge in [0.2, 0.25) is 0 Å². The van der Waals surface area contributed by atoms with Crippen molar-refractivity contribution in [3.05, 3.63) is 57.8 Å². The Morgan fingerprint density at radius 3 is 2.63 bits per heavy atom. The highest BCUT2D eigenvalue weighted by Gasteiger charge is 2.35. The van der Waals surface area contributed by atoms with Gasteiger partial charge >= 0.3 is 5.97 Å². The first-order valence-corrected chi connectivity index (χ1v) is 6.99. The summed E-state index contributed by atoms with van der Waals surface area (Å²) in [6.45, 7) is 4.20. The van der Waals surface area contributed by atoms with Gasteiger partial charge in [-0.2, -0.15) is 0 Å². The van der Waals surface area contributed by atoms with Crippen LogP contribution in [0, 0.1) is 6.92 Å². The number of carbonyl (C=O) groups is 1. The Balaban J connectivity index is 2.28. The van der Waals surface area contributed by atoms with Crippen LogP contribution < -0.4 is 5.32 Å². The molecule has 1 aromatic carbocycles. The number of carboxylic acids is 1. The fraction of sp³-hybridized carbons (Fsp3) is 0.267. The Morgan fingerprint density at radius 2 is 2.05 bits per heavy atom. The van der Waals surface area contributed by atoms with E-state index in [4.69, 9.17) is 0 Å². The molecule has 2 N–H and O–H groups in total. The molecule has 0 bridgehead atoms. The quantitative estimate of drug-likeness (QED) is 0.881. The van der Waals surface area contributed by atoms with E-state index in [-0.39, 0.29) is 0 Å².